The second-order valence-electron chi connectivity index (χ2n) is 5.22. The lowest BCUT2D eigenvalue weighted by Gasteiger charge is -2.22. The number of aromatic nitrogens is 4. The Labute approximate surface area is 94.7 Å². The summed E-state index contributed by atoms with van der Waals surface area (Å²) in [5, 5.41) is 20.5. The molecule has 1 aromatic rings. The van der Waals surface area contributed by atoms with Crippen molar-refractivity contribution in [3.63, 3.8) is 0 Å². The van der Waals surface area contributed by atoms with Crippen molar-refractivity contribution in [3.8, 4) is 0 Å². The van der Waals surface area contributed by atoms with Crippen LogP contribution >= 0.6 is 0 Å². The summed E-state index contributed by atoms with van der Waals surface area (Å²) in [6.45, 7) is 9.54. The highest BCUT2D eigenvalue weighted by Crippen LogP contribution is 2.25. The van der Waals surface area contributed by atoms with Crippen molar-refractivity contribution in [3.05, 3.63) is 5.82 Å². The first-order chi connectivity index (χ1) is 7.25. The Morgan fingerprint density at radius 3 is 2.31 bits per heavy atom. The van der Waals surface area contributed by atoms with Crippen molar-refractivity contribution < 1.29 is 9.90 Å². The summed E-state index contributed by atoms with van der Waals surface area (Å²) in [6.07, 6.45) is 0. The van der Waals surface area contributed by atoms with Gasteiger partial charge in [0.2, 0.25) is 0 Å². The summed E-state index contributed by atoms with van der Waals surface area (Å²) in [7, 11) is 0. The molecular formula is C10H18N4O2. The molecule has 1 rings (SSSR count). The Balaban J connectivity index is 3.21. The molecule has 1 aromatic heterocycles. The molecular weight excluding hydrogens is 208 g/mol. The Morgan fingerprint density at radius 1 is 1.38 bits per heavy atom. The van der Waals surface area contributed by atoms with Crippen molar-refractivity contribution in [1.29, 1.82) is 0 Å². The van der Waals surface area contributed by atoms with E-state index in [9.17, 15) is 9.90 Å². The molecule has 0 saturated carbocycles. The molecule has 0 spiro atoms. The van der Waals surface area contributed by atoms with Gasteiger partial charge in [-0.15, -0.1) is 5.10 Å². The van der Waals surface area contributed by atoms with Gasteiger partial charge in [-0.1, -0.05) is 34.6 Å². The topological polar surface area (TPSA) is 80.9 Å². The second-order valence-corrected chi connectivity index (χ2v) is 5.22. The van der Waals surface area contributed by atoms with Crippen LogP contribution in [0.3, 0.4) is 0 Å². The van der Waals surface area contributed by atoms with Gasteiger partial charge in [0, 0.05) is 5.41 Å². The van der Waals surface area contributed by atoms with Crippen LogP contribution in [-0.4, -0.2) is 31.3 Å². The van der Waals surface area contributed by atoms with E-state index in [2.05, 4.69) is 15.5 Å². The number of rotatable bonds is 3. The Hall–Kier alpha value is -1.46. The first-order valence-electron chi connectivity index (χ1n) is 5.26. The van der Waals surface area contributed by atoms with E-state index in [0.29, 0.717) is 5.82 Å². The zero-order chi connectivity index (χ0) is 12.5. The highest BCUT2D eigenvalue weighted by Gasteiger charge is 2.31. The molecule has 0 saturated heterocycles. The van der Waals surface area contributed by atoms with Gasteiger partial charge >= 0.3 is 5.97 Å². The Kier molecular flexibility index (Phi) is 3.30. The zero-order valence-electron chi connectivity index (χ0n) is 10.3. The fourth-order valence-electron chi connectivity index (χ4n) is 1.55. The van der Waals surface area contributed by atoms with Crippen molar-refractivity contribution >= 4 is 5.97 Å². The predicted octanol–water partition coefficient (Wildman–Crippen LogP) is 1.25. The highest BCUT2D eigenvalue weighted by atomic mass is 16.4. The molecule has 1 unspecified atom stereocenters. The highest BCUT2D eigenvalue weighted by molar-refractivity contribution is 5.72. The quantitative estimate of drug-likeness (QED) is 0.839. The van der Waals surface area contributed by atoms with Crippen LogP contribution in [0.2, 0.25) is 0 Å². The van der Waals surface area contributed by atoms with Gasteiger partial charge in [-0.3, -0.25) is 0 Å². The molecule has 6 heteroatoms. The van der Waals surface area contributed by atoms with Crippen LogP contribution in [0.15, 0.2) is 0 Å². The number of aliphatic carboxylic acids is 1. The van der Waals surface area contributed by atoms with E-state index >= 15 is 0 Å². The van der Waals surface area contributed by atoms with E-state index < -0.39 is 12.0 Å². The van der Waals surface area contributed by atoms with E-state index in [1.165, 1.54) is 4.68 Å². The summed E-state index contributed by atoms with van der Waals surface area (Å²) in [5.41, 5.74) is -0.272. The number of carboxylic acid groups (broad SMARTS) is 1. The Bertz CT molecular complexity index is 378. The zero-order valence-corrected chi connectivity index (χ0v) is 10.3. The van der Waals surface area contributed by atoms with Crippen LogP contribution < -0.4 is 0 Å². The number of carbonyl (C=O) groups is 1. The maximum atomic E-state index is 11.2. The molecule has 1 atom stereocenters. The molecule has 6 nitrogen and oxygen atoms in total. The summed E-state index contributed by atoms with van der Waals surface area (Å²) in [6, 6.07) is -0.718. The third-order valence-electron chi connectivity index (χ3n) is 2.31. The molecule has 1 heterocycles. The van der Waals surface area contributed by atoms with Crippen LogP contribution in [0.4, 0.5) is 0 Å². The lowest BCUT2D eigenvalue weighted by atomic mass is 9.94. The molecule has 0 fully saturated rings. The molecule has 1 N–H and O–H groups in total. The van der Waals surface area contributed by atoms with Crippen molar-refractivity contribution in [2.75, 3.05) is 0 Å². The monoisotopic (exact) mass is 226 g/mol. The van der Waals surface area contributed by atoms with Crippen LogP contribution in [0.25, 0.3) is 0 Å². The number of tetrazole rings is 1. The summed E-state index contributed by atoms with van der Waals surface area (Å²) in [5.74, 6) is -0.386. The third-order valence-corrected chi connectivity index (χ3v) is 2.31. The fourth-order valence-corrected chi connectivity index (χ4v) is 1.55. The molecule has 0 bridgehead atoms. The van der Waals surface area contributed by atoms with Crippen LogP contribution in [0.5, 0.6) is 0 Å². The lowest BCUT2D eigenvalue weighted by Crippen LogP contribution is -2.30. The third kappa shape index (κ3) is 2.37. The van der Waals surface area contributed by atoms with Crippen LogP contribution in [0.1, 0.15) is 46.5 Å². The van der Waals surface area contributed by atoms with E-state index in [1.807, 2.05) is 34.6 Å². The predicted molar refractivity (Wildman–Crippen MR) is 58.0 cm³/mol. The van der Waals surface area contributed by atoms with Gasteiger partial charge in [0.15, 0.2) is 11.9 Å². The number of carboxylic acids is 1. The van der Waals surface area contributed by atoms with E-state index in [0.717, 1.165) is 0 Å². The molecule has 0 aromatic carbocycles. The molecule has 0 aliphatic carbocycles. The maximum Gasteiger partial charge on any atom is 0.328 e. The number of hydrogen-bond acceptors (Lipinski definition) is 4. The van der Waals surface area contributed by atoms with Crippen molar-refractivity contribution in [2.45, 2.75) is 46.1 Å². The van der Waals surface area contributed by atoms with Crippen molar-refractivity contribution in [2.24, 2.45) is 5.92 Å². The summed E-state index contributed by atoms with van der Waals surface area (Å²) < 4.78 is 1.41. The van der Waals surface area contributed by atoms with E-state index in [4.69, 9.17) is 0 Å². The van der Waals surface area contributed by atoms with Gasteiger partial charge in [-0.2, -0.15) is 0 Å². The Morgan fingerprint density at radius 2 is 1.94 bits per heavy atom. The smallest absolute Gasteiger partial charge is 0.328 e. The molecule has 16 heavy (non-hydrogen) atoms. The van der Waals surface area contributed by atoms with Gasteiger partial charge in [0.1, 0.15) is 0 Å². The normalized spacial score (nSPS) is 14.1. The molecule has 0 radical (unpaired) electrons. The SMILES string of the molecule is CC(C)C(C(=O)O)n1nnnc1C(C)(C)C. The van der Waals surface area contributed by atoms with Gasteiger partial charge < -0.3 is 5.11 Å². The maximum absolute atomic E-state index is 11.2. The standard InChI is InChI=1S/C10H18N4O2/c1-6(2)7(8(15)16)14-9(10(3,4)5)11-12-13-14/h6-7H,1-5H3,(H,15,16). The second kappa shape index (κ2) is 4.19. The van der Waals surface area contributed by atoms with Gasteiger partial charge in [0.05, 0.1) is 0 Å². The first-order valence-corrected chi connectivity index (χ1v) is 5.26. The summed E-state index contributed by atoms with van der Waals surface area (Å²) >= 11 is 0. The van der Waals surface area contributed by atoms with Gasteiger partial charge in [0.25, 0.3) is 0 Å². The number of hydrogen-bond donors (Lipinski definition) is 1. The minimum absolute atomic E-state index is 0.0675. The minimum Gasteiger partial charge on any atom is -0.480 e. The molecule has 0 aliphatic heterocycles. The average Bonchev–Trinajstić information content (AvgIpc) is 2.49. The number of nitrogens with zero attached hydrogens (tertiary/aromatic N) is 4. The van der Waals surface area contributed by atoms with Gasteiger partial charge in [-0.25, -0.2) is 9.48 Å². The van der Waals surface area contributed by atoms with Crippen LogP contribution in [-0.2, 0) is 10.2 Å². The van der Waals surface area contributed by atoms with Gasteiger partial charge in [-0.05, 0) is 16.3 Å². The molecule has 0 aliphatic rings. The lowest BCUT2D eigenvalue weighted by molar-refractivity contribution is -0.142. The van der Waals surface area contributed by atoms with E-state index in [1.54, 1.807) is 0 Å². The largest absolute Gasteiger partial charge is 0.480 e. The van der Waals surface area contributed by atoms with E-state index in [-0.39, 0.29) is 11.3 Å². The fraction of sp³-hybridized carbons (Fsp3) is 0.800. The average molecular weight is 226 g/mol. The van der Waals surface area contributed by atoms with Crippen molar-refractivity contribution in [1.82, 2.24) is 20.2 Å². The minimum atomic E-state index is -0.909. The molecule has 0 amide bonds. The molecule has 90 valence electrons. The van der Waals surface area contributed by atoms with Crippen LogP contribution in [0, 0.1) is 5.92 Å². The first kappa shape index (κ1) is 12.6. The summed E-state index contributed by atoms with van der Waals surface area (Å²) in [4.78, 5) is 11.2.